The molecule has 4 amide bonds. The second kappa shape index (κ2) is 8.46. The number of likely N-dealkylation sites (tertiary alicyclic amines) is 1. The van der Waals surface area contributed by atoms with Crippen LogP contribution in [-0.2, 0) is 9.59 Å². The fraction of sp³-hybridized carbons (Fsp3) is 0.471. The fourth-order valence-corrected chi connectivity index (χ4v) is 2.65. The summed E-state index contributed by atoms with van der Waals surface area (Å²) in [5.74, 6) is -0.815. The van der Waals surface area contributed by atoms with Crippen molar-refractivity contribution in [3.8, 4) is 0 Å². The number of urea groups is 1. The van der Waals surface area contributed by atoms with Gasteiger partial charge in [-0.2, -0.15) is 0 Å². The summed E-state index contributed by atoms with van der Waals surface area (Å²) in [6.07, 6.45) is 1.39. The first-order valence-corrected chi connectivity index (χ1v) is 8.37. The molecule has 1 heterocycles. The maximum absolute atomic E-state index is 13.9. The maximum Gasteiger partial charge on any atom is 0.319 e. The van der Waals surface area contributed by atoms with E-state index in [0.29, 0.717) is 25.2 Å². The van der Waals surface area contributed by atoms with Crippen LogP contribution in [0.25, 0.3) is 0 Å². The van der Waals surface area contributed by atoms with E-state index in [4.69, 9.17) is 0 Å². The van der Waals surface area contributed by atoms with Crippen LogP contribution in [0, 0.1) is 5.82 Å². The molecule has 1 atom stereocenters. The Morgan fingerprint density at radius 3 is 2.72 bits per heavy atom. The highest BCUT2D eigenvalue weighted by molar-refractivity contribution is 5.94. The molecule has 0 radical (unpaired) electrons. The number of hydrogen-bond donors (Lipinski definition) is 3. The van der Waals surface area contributed by atoms with Gasteiger partial charge in [-0.05, 0) is 24.6 Å². The number of carbonyl (C=O) groups is 3. The minimum Gasteiger partial charge on any atom is -0.341 e. The molecule has 1 aliphatic rings. The Kier molecular flexibility index (Phi) is 6.32. The molecule has 7 nitrogen and oxygen atoms in total. The second-order valence-corrected chi connectivity index (χ2v) is 5.94. The average molecular weight is 350 g/mol. The van der Waals surface area contributed by atoms with E-state index in [9.17, 15) is 18.8 Å². The van der Waals surface area contributed by atoms with Crippen LogP contribution in [-0.4, -0.2) is 41.9 Å². The third kappa shape index (κ3) is 5.17. The highest BCUT2D eigenvalue weighted by Gasteiger charge is 2.29. The molecule has 0 bridgehead atoms. The largest absolute Gasteiger partial charge is 0.341 e. The molecule has 1 aromatic rings. The standard InChI is InChI=1S/C17H23FN4O3/c1-3-7-22-10-12(9-16(22)24)20-17(25)21-14-8-11(5-6-13(14)18)19-15(23)4-2/h5-6,8,12H,3-4,7,9-10H2,1-2H3,(H,19,23)(H2,20,21,25)/t12-/m0/s1. The lowest BCUT2D eigenvalue weighted by molar-refractivity contribution is -0.127. The van der Waals surface area contributed by atoms with Crippen molar-refractivity contribution in [1.82, 2.24) is 10.2 Å². The molecule has 136 valence electrons. The van der Waals surface area contributed by atoms with Gasteiger partial charge >= 0.3 is 6.03 Å². The van der Waals surface area contributed by atoms with Gasteiger partial charge < -0.3 is 20.9 Å². The molecule has 0 unspecified atom stereocenters. The summed E-state index contributed by atoms with van der Waals surface area (Å²) >= 11 is 0. The second-order valence-electron chi connectivity index (χ2n) is 5.94. The lowest BCUT2D eigenvalue weighted by Crippen LogP contribution is -2.40. The molecule has 1 saturated heterocycles. The maximum atomic E-state index is 13.9. The molecule has 3 N–H and O–H groups in total. The Morgan fingerprint density at radius 1 is 1.28 bits per heavy atom. The van der Waals surface area contributed by atoms with Crippen LogP contribution in [0.5, 0.6) is 0 Å². The van der Waals surface area contributed by atoms with Crippen molar-refractivity contribution in [2.75, 3.05) is 23.7 Å². The van der Waals surface area contributed by atoms with Gasteiger partial charge in [0.25, 0.3) is 0 Å². The first-order chi connectivity index (χ1) is 11.9. The van der Waals surface area contributed by atoms with E-state index in [1.165, 1.54) is 18.2 Å². The van der Waals surface area contributed by atoms with Crippen molar-refractivity contribution in [1.29, 1.82) is 0 Å². The number of benzene rings is 1. The van der Waals surface area contributed by atoms with E-state index in [2.05, 4.69) is 16.0 Å². The fourth-order valence-electron chi connectivity index (χ4n) is 2.65. The lowest BCUT2D eigenvalue weighted by atomic mass is 10.2. The topological polar surface area (TPSA) is 90.5 Å². The van der Waals surface area contributed by atoms with Gasteiger partial charge in [-0.3, -0.25) is 9.59 Å². The van der Waals surface area contributed by atoms with Crippen molar-refractivity contribution in [3.63, 3.8) is 0 Å². The first kappa shape index (κ1) is 18.7. The van der Waals surface area contributed by atoms with Crippen molar-refractivity contribution in [2.45, 2.75) is 39.2 Å². The van der Waals surface area contributed by atoms with E-state index in [1.807, 2.05) is 6.92 Å². The molecular formula is C17H23FN4O3. The minimum atomic E-state index is -0.611. The zero-order chi connectivity index (χ0) is 18.4. The highest BCUT2D eigenvalue weighted by Crippen LogP contribution is 2.20. The molecule has 25 heavy (non-hydrogen) atoms. The summed E-state index contributed by atoms with van der Waals surface area (Å²) in [6.45, 7) is 4.80. The Balaban J connectivity index is 1.95. The number of carbonyl (C=O) groups excluding carboxylic acids is 3. The van der Waals surface area contributed by atoms with E-state index in [1.54, 1.807) is 11.8 Å². The van der Waals surface area contributed by atoms with Gasteiger partial charge in [0, 0.05) is 31.6 Å². The number of hydrogen-bond acceptors (Lipinski definition) is 3. The number of nitrogens with one attached hydrogen (secondary N) is 3. The SMILES string of the molecule is CCCN1C[C@@H](NC(=O)Nc2cc(NC(=O)CC)ccc2F)CC1=O. The molecule has 1 fully saturated rings. The van der Waals surface area contributed by atoms with E-state index < -0.39 is 11.8 Å². The van der Waals surface area contributed by atoms with E-state index >= 15 is 0 Å². The number of amides is 4. The molecule has 0 spiro atoms. The molecule has 2 rings (SSSR count). The van der Waals surface area contributed by atoms with Crippen LogP contribution in [0.2, 0.25) is 0 Å². The normalized spacial score (nSPS) is 16.7. The van der Waals surface area contributed by atoms with E-state index in [-0.39, 0.29) is 30.0 Å². The molecule has 8 heteroatoms. The minimum absolute atomic E-state index is 0.00241. The smallest absolute Gasteiger partial charge is 0.319 e. The van der Waals surface area contributed by atoms with Crippen LogP contribution in [0.1, 0.15) is 33.1 Å². The average Bonchev–Trinajstić information content (AvgIpc) is 2.90. The van der Waals surface area contributed by atoms with Gasteiger partial charge in [-0.25, -0.2) is 9.18 Å². The summed E-state index contributed by atoms with van der Waals surface area (Å²) < 4.78 is 13.9. The summed E-state index contributed by atoms with van der Waals surface area (Å²) in [6, 6.07) is 3.05. The van der Waals surface area contributed by atoms with Crippen molar-refractivity contribution in [2.24, 2.45) is 0 Å². The Morgan fingerprint density at radius 2 is 2.04 bits per heavy atom. The van der Waals surface area contributed by atoms with Crippen LogP contribution >= 0.6 is 0 Å². The van der Waals surface area contributed by atoms with Gasteiger partial charge in [0.1, 0.15) is 5.82 Å². The van der Waals surface area contributed by atoms with Crippen LogP contribution < -0.4 is 16.0 Å². The lowest BCUT2D eigenvalue weighted by Gasteiger charge is -2.16. The van der Waals surface area contributed by atoms with Crippen LogP contribution in [0.3, 0.4) is 0 Å². The number of nitrogens with zero attached hydrogens (tertiary/aromatic N) is 1. The predicted octanol–water partition coefficient (Wildman–Crippen LogP) is 2.31. The van der Waals surface area contributed by atoms with E-state index in [0.717, 1.165) is 6.42 Å². The van der Waals surface area contributed by atoms with Gasteiger partial charge in [0.05, 0.1) is 11.7 Å². The highest BCUT2D eigenvalue weighted by atomic mass is 19.1. The summed E-state index contributed by atoms with van der Waals surface area (Å²) in [5, 5.41) is 7.71. The van der Waals surface area contributed by atoms with Crippen molar-refractivity contribution in [3.05, 3.63) is 24.0 Å². The zero-order valence-corrected chi connectivity index (χ0v) is 14.4. The first-order valence-electron chi connectivity index (χ1n) is 8.37. The van der Waals surface area contributed by atoms with Gasteiger partial charge in [0.15, 0.2) is 0 Å². The summed E-state index contributed by atoms with van der Waals surface area (Å²) in [4.78, 5) is 37.0. The third-order valence-electron chi connectivity index (χ3n) is 3.86. The van der Waals surface area contributed by atoms with Gasteiger partial charge in [-0.1, -0.05) is 13.8 Å². The molecule has 1 aliphatic heterocycles. The third-order valence-corrected chi connectivity index (χ3v) is 3.86. The summed E-state index contributed by atoms with van der Waals surface area (Å²) in [5.41, 5.74) is 0.356. The summed E-state index contributed by atoms with van der Waals surface area (Å²) in [7, 11) is 0. The molecule has 0 saturated carbocycles. The monoisotopic (exact) mass is 350 g/mol. The number of rotatable bonds is 6. The zero-order valence-electron chi connectivity index (χ0n) is 14.4. The molecule has 1 aromatic carbocycles. The molecule has 0 aromatic heterocycles. The molecule has 0 aliphatic carbocycles. The van der Waals surface area contributed by atoms with Crippen molar-refractivity contribution >= 4 is 29.2 Å². The Bertz CT molecular complexity index is 665. The Hall–Kier alpha value is -2.64. The number of anilines is 2. The van der Waals surface area contributed by atoms with Crippen LogP contribution in [0.15, 0.2) is 18.2 Å². The van der Waals surface area contributed by atoms with Gasteiger partial charge in [-0.15, -0.1) is 0 Å². The predicted molar refractivity (Wildman–Crippen MR) is 92.8 cm³/mol. The Labute approximate surface area is 145 Å². The molecular weight excluding hydrogens is 327 g/mol. The quantitative estimate of drug-likeness (QED) is 0.735. The van der Waals surface area contributed by atoms with Gasteiger partial charge in [0.2, 0.25) is 11.8 Å². The van der Waals surface area contributed by atoms with Crippen molar-refractivity contribution < 1.29 is 18.8 Å². The van der Waals surface area contributed by atoms with Crippen LogP contribution in [0.4, 0.5) is 20.6 Å². The number of halogens is 1.